The zero-order valence-electron chi connectivity index (χ0n) is 16.3. The number of fused-ring (bicyclic) bond motifs is 3. The topological polar surface area (TPSA) is 26.7 Å². The number of rotatable bonds is 4. The minimum atomic E-state index is 0.194. The van der Waals surface area contributed by atoms with Crippen molar-refractivity contribution in [2.45, 2.75) is 82.8 Å². The summed E-state index contributed by atoms with van der Waals surface area (Å²) in [6.07, 6.45) is 11.5. The van der Waals surface area contributed by atoms with Crippen molar-refractivity contribution in [2.75, 3.05) is 24.6 Å². The Hall–Kier alpha value is -1.06. The van der Waals surface area contributed by atoms with Crippen LogP contribution in [0.25, 0.3) is 0 Å². The van der Waals surface area contributed by atoms with Crippen LogP contribution >= 0.6 is 0 Å². The lowest BCUT2D eigenvalue weighted by Crippen LogP contribution is -2.49. The molecule has 1 aliphatic carbocycles. The van der Waals surface area contributed by atoms with Crippen molar-refractivity contribution in [3.05, 3.63) is 29.3 Å². The molecule has 0 amide bonds. The Bertz CT molecular complexity index is 660. The monoisotopic (exact) mass is 354 g/mol. The normalized spacial score (nSPS) is 34.6. The van der Waals surface area contributed by atoms with Gasteiger partial charge in [0.05, 0.1) is 6.61 Å². The van der Waals surface area contributed by atoms with E-state index in [1.54, 1.807) is 11.1 Å². The summed E-state index contributed by atoms with van der Waals surface area (Å²) in [7, 11) is 0. The molecule has 1 aromatic carbocycles. The maximum atomic E-state index is 10.1. The van der Waals surface area contributed by atoms with Crippen molar-refractivity contribution >= 4 is 5.69 Å². The van der Waals surface area contributed by atoms with Crippen LogP contribution in [0.1, 0.15) is 63.0 Å². The van der Waals surface area contributed by atoms with Gasteiger partial charge in [-0.25, -0.2) is 0 Å². The number of piperidine rings is 1. The van der Waals surface area contributed by atoms with E-state index in [1.165, 1.54) is 70.1 Å². The molecule has 3 saturated heterocycles. The lowest BCUT2D eigenvalue weighted by atomic mass is 9.72. The predicted molar refractivity (Wildman–Crippen MR) is 107 cm³/mol. The standard InChI is InChI=1S/C23H34N2O/c1-2-23(16-26)15-21-8-9-22(23)25(21)19-10-12-24(13-11-19)20-7-6-17-4-3-5-18(17)14-20/h6-7,14,19,21-22,26H,2-5,8-13,15-16H2,1H3/t21-,22+,23-/m1/s1. The van der Waals surface area contributed by atoms with Crippen LogP contribution in [-0.2, 0) is 12.8 Å². The number of anilines is 1. The highest BCUT2D eigenvalue weighted by Crippen LogP contribution is 2.53. The molecule has 0 unspecified atom stereocenters. The summed E-state index contributed by atoms with van der Waals surface area (Å²) in [5, 5.41) is 10.1. The molecular weight excluding hydrogens is 320 g/mol. The first-order valence-electron chi connectivity index (χ1n) is 11.0. The molecule has 3 nitrogen and oxygen atoms in total. The van der Waals surface area contributed by atoms with Crippen molar-refractivity contribution in [1.29, 1.82) is 0 Å². The van der Waals surface area contributed by atoms with Crippen LogP contribution in [0.4, 0.5) is 5.69 Å². The van der Waals surface area contributed by atoms with E-state index in [4.69, 9.17) is 0 Å². The van der Waals surface area contributed by atoms with Gasteiger partial charge >= 0.3 is 0 Å². The number of aliphatic hydroxyl groups excluding tert-OH is 1. The minimum absolute atomic E-state index is 0.194. The second-order valence-corrected chi connectivity index (χ2v) is 9.30. The molecule has 142 valence electrons. The fourth-order valence-electron chi connectivity index (χ4n) is 6.73. The molecule has 2 bridgehead atoms. The Labute approximate surface area is 158 Å². The summed E-state index contributed by atoms with van der Waals surface area (Å²) in [5.41, 5.74) is 4.82. The van der Waals surface area contributed by atoms with Crippen molar-refractivity contribution < 1.29 is 5.11 Å². The maximum absolute atomic E-state index is 10.1. The number of aryl methyl sites for hydroxylation is 2. The Morgan fingerprint density at radius 3 is 2.58 bits per heavy atom. The number of hydrogen-bond acceptors (Lipinski definition) is 3. The van der Waals surface area contributed by atoms with Crippen molar-refractivity contribution in [1.82, 2.24) is 4.90 Å². The summed E-state index contributed by atoms with van der Waals surface area (Å²) in [4.78, 5) is 5.48. The smallest absolute Gasteiger partial charge is 0.0502 e. The molecule has 0 aromatic heterocycles. The van der Waals surface area contributed by atoms with E-state index in [2.05, 4.69) is 34.9 Å². The van der Waals surface area contributed by atoms with Crippen LogP contribution in [0.15, 0.2) is 18.2 Å². The molecule has 3 heterocycles. The highest BCUT2D eigenvalue weighted by Gasteiger charge is 2.56. The molecule has 0 saturated carbocycles. The zero-order valence-corrected chi connectivity index (χ0v) is 16.3. The van der Waals surface area contributed by atoms with Gasteiger partial charge in [-0.2, -0.15) is 0 Å². The maximum Gasteiger partial charge on any atom is 0.0502 e. The van der Waals surface area contributed by atoms with E-state index in [0.717, 1.165) is 18.5 Å². The van der Waals surface area contributed by atoms with Crippen LogP contribution in [0.2, 0.25) is 0 Å². The Kier molecular flexibility index (Phi) is 4.28. The van der Waals surface area contributed by atoms with Gasteiger partial charge in [0.1, 0.15) is 0 Å². The van der Waals surface area contributed by atoms with Gasteiger partial charge in [-0.05, 0) is 81.0 Å². The molecule has 5 rings (SSSR count). The molecule has 0 radical (unpaired) electrons. The zero-order chi connectivity index (χ0) is 17.7. The van der Waals surface area contributed by atoms with Crippen LogP contribution in [0.3, 0.4) is 0 Å². The average Bonchev–Trinajstić information content (AvgIpc) is 3.40. The van der Waals surface area contributed by atoms with Gasteiger partial charge in [-0.1, -0.05) is 13.0 Å². The fraction of sp³-hybridized carbons (Fsp3) is 0.739. The quantitative estimate of drug-likeness (QED) is 0.892. The molecular formula is C23H34N2O. The average molecular weight is 355 g/mol. The SMILES string of the molecule is CC[C@]1(CO)C[C@H]2CC[C@@H]1N2C1CCN(c2ccc3c(c2)CCC3)CC1. The van der Waals surface area contributed by atoms with Crippen LogP contribution in [-0.4, -0.2) is 47.8 Å². The first-order chi connectivity index (χ1) is 12.7. The van der Waals surface area contributed by atoms with E-state index in [-0.39, 0.29) is 5.41 Å². The molecule has 1 N–H and O–H groups in total. The van der Waals surface area contributed by atoms with E-state index in [0.29, 0.717) is 12.6 Å². The molecule has 3 fully saturated rings. The summed E-state index contributed by atoms with van der Waals surface area (Å²) in [6, 6.07) is 9.32. The van der Waals surface area contributed by atoms with Gasteiger partial charge in [-0.3, -0.25) is 4.90 Å². The largest absolute Gasteiger partial charge is 0.396 e. The molecule has 26 heavy (non-hydrogen) atoms. The molecule has 3 aliphatic heterocycles. The first kappa shape index (κ1) is 17.1. The third-order valence-corrected chi connectivity index (χ3v) is 8.26. The fourth-order valence-corrected chi connectivity index (χ4v) is 6.73. The van der Waals surface area contributed by atoms with E-state index < -0.39 is 0 Å². The summed E-state index contributed by atoms with van der Waals surface area (Å²) in [6.45, 7) is 5.05. The second kappa shape index (κ2) is 6.53. The van der Waals surface area contributed by atoms with E-state index in [9.17, 15) is 5.11 Å². The van der Waals surface area contributed by atoms with Crippen LogP contribution < -0.4 is 4.90 Å². The summed E-state index contributed by atoms with van der Waals surface area (Å²) >= 11 is 0. The molecule has 4 aliphatic rings. The predicted octanol–water partition coefficient (Wildman–Crippen LogP) is 3.77. The number of aliphatic hydroxyl groups is 1. The van der Waals surface area contributed by atoms with E-state index in [1.807, 2.05) is 0 Å². The minimum Gasteiger partial charge on any atom is -0.396 e. The lowest BCUT2D eigenvalue weighted by molar-refractivity contribution is 0.0566. The van der Waals surface area contributed by atoms with Crippen molar-refractivity contribution in [3.63, 3.8) is 0 Å². The van der Waals surface area contributed by atoms with Crippen LogP contribution in [0.5, 0.6) is 0 Å². The number of benzene rings is 1. The van der Waals surface area contributed by atoms with Gasteiger partial charge in [0, 0.05) is 42.3 Å². The molecule has 3 atom stereocenters. The second-order valence-electron chi connectivity index (χ2n) is 9.30. The lowest BCUT2D eigenvalue weighted by Gasteiger charge is -2.42. The Balaban J connectivity index is 1.27. The van der Waals surface area contributed by atoms with Crippen molar-refractivity contribution in [2.24, 2.45) is 5.41 Å². The Morgan fingerprint density at radius 2 is 1.85 bits per heavy atom. The summed E-state index contributed by atoms with van der Waals surface area (Å²) in [5.74, 6) is 0. The first-order valence-corrected chi connectivity index (χ1v) is 11.0. The molecule has 1 aromatic rings. The highest BCUT2D eigenvalue weighted by molar-refractivity contribution is 5.52. The highest BCUT2D eigenvalue weighted by atomic mass is 16.3. The summed E-state index contributed by atoms with van der Waals surface area (Å²) < 4.78 is 0. The molecule has 0 spiro atoms. The van der Waals surface area contributed by atoms with Gasteiger partial charge in [-0.15, -0.1) is 0 Å². The molecule has 3 heteroatoms. The third-order valence-electron chi connectivity index (χ3n) is 8.26. The number of hydrogen-bond donors (Lipinski definition) is 1. The third kappa shape index (κ3) is 2.54. The Morgan fingerprint density at radius 1 is 1.04 bits per heavy atom. The van der Waals surface area contributed by atoms with Gasteiger partial charge in [0.15, 0.2) is 0 Å². The van der Waals surface area contributed by atoms with Crippen LogP contribution in [0, 0.1) is 5.41 Å². The van der Waals surface area contributed by atoms with E-state index >= 15 is 0 Å². The van der Waals surface area contributed by atoms with Gasteiger partial charge in [0.25, 0.3) is 0 Å². The van der Waals surface area contributed by atoms with Gasteiger partial charge < -0.3 is 10.0 Å². The number of nitrogens with zero attached hydrogens (tertiary/aromatic N) is 2. The van der Waals surface area contributed by atoms with Gasteiger partial charge in [0.2, 0.25) is 0 Å². The van der Waals surface area contributed by atoms with Crippen molar-refractivity contribution in [3.8, 4) is 0 Å².